The van der Waals surface area contributed by atoms with Gasteiger partial charge in [-0.15, -0.1) is 0 Å². The number of amides is 1. The first-order valence-electron chi connectivity index (χ1n) is 6.02. The second-order valence-electron chi connectivity index (χ2n) is 4.39. The Kier molecular flexibility index (Phi) is 4.29. The van der Waals surface area contributed by atoms with Crippen molar-refractivity contribution in [3.05, 3.63) is 52.0 Å². The van der Waals surface area contributed by atoms with Crippen molar-refractivity contribution in [1.29, 1.82) is 0 Å². The molecule has 3 N–H and O–H groups in total. The Hall–Kier alpha value is -2.01. The molecule has 0 radical (unpaired) electrons. The smallest absolute Gasteiger partial charge is 0.257 e. The molecule has 0 spiro atoms. The molecule has 20 heavy (non-hydrogen) atoms. The Morgan fingerprint density at radius 2 is 2.00 bits per heavy atom. The van der Waals surface area contributed by atoms with Crippen LogP contribution in [0.5, 0.6) is 5.75 Å². The molecular weight excluding hydrogens is 320 g/mol. The van der Waals surface area contributed by atoms with Gasteiger partial charge in [0.05, 0.1) is 18.4 Å². The highest BCUT2D eigenvalue weighted by atomic mass is 79.9. The van der Waals surface area contributed by atoms with Gasteiger partial charge in [0.25, 0.3) is 5.91 Å². The van der Waals surface area contributed by atoms with E-state index in [9.17, 15) is 4.79 Å². The lowest BCUT2D eigenvalue weighted by Crippen LogP contribution is -2.14. The van der Waals surface area contributed by atoms with Crippen LogP contribution in [0.15, 0.2) is 40.9 Å². The van der Waals surface area contributed by atoms with E-state index in [1.54, 1.807) is 31.4 Å². The fourth-order valence-electron chi connectivity index (χ4n) is 1.86. The fourth-order valence-corrected chi connectivity index (χ4v) is 2.22. The van der Waals surface area contributed by atoms with Gasteiger partial charge in [0, 0.05) is 10.2 Å². The summed E-state index contributed by atoms with van der Waals surface area (Å²) in [6.45, 7) is 1.93. The molecule has 0 bridgehead atoms. The number of nitrogens with one attached hydrogen (secondary N) is 1. The van der Waals surface area contributed by atoms with Crippen LogP contribution in [0.3, 0.4) is 0 Å². The zero-order valence-corrected chi connectivity index (χ0v) is 12.8. The molecule has 0 heterocycles. The molecule has 2 rings (SSSR count). The quantitative estimate of drug-likeness (QED) is 0.843. The first-order chi connectivity index (χ1) is 9.51. The van der Waals surface area contributed by atoms with Crippen molar-refractivity contribution in [2.45, 2.75) is 6.92 Å². The number of benzene rings is 2. The molecule has 0 saturated carbocycles. The third-order valence-electron chi connectivity index (χ3n) is 2.86. The molecule has 0 atom stereocenters. The summed E-state index contributed by atoms with van der Waals surface area (Å²) in [6.07, 6.45) is 0. The largest absolute Gasteiger partial charge is 0.495 e. The number of ether oxygens (including phenoxy) is 1. The third-order valence-corrected chi connectivity index (χ3v) is 3.35. The van der Waals surface area contributed by atoms with Gasteiger partial charge in [0.1, 0.15) is 5.75 Å². The van der Waals surface area contributed by atoms with Crippen molar-refractivity contribution in [2.24, 2.45) is 0 Å². The maximum atomic E-state index is 12.3. The van der Waals surface area contributed by atoms with Crippen molar-refractivity contribution < 1.29 is 9.53 Å². The lowest BCUT2D eigenvalue weighted by Gasteiger charge is -2.12. The third kappa shape index (κ3) is 3.11. The number of anilines is 2. The summed E-state index contributed by atoms with van der Waals surface area (Å²) < 4.78 is 6.07. The monoisotopic (exact) mass is 334 g/mol. The Bertz CT molecular complexity index is 656. The van der Waals surface area contributed by atoms with Crippen LogP contribution in [-0.2, 0) is 0 Å². The molecule has 0 aromatic heterocycles. The second kappa shape index (κ2) is 5.96. The predicted octanol–water partition coefficient (Wildman–Crippen LogP) is 3.60. The Morgan fingerprint density at radius 3 is 2.65 bits per heavy atom. The highest BCUT2D eigenvalue weighted by Gasteiger charge is 2.12. The highest BCUT2D eigenvalue weighted by molar-refractivity contribution is 9.10. The first kappa shape index (κ1) is 14.4. The molecule has 0 unspecified atom stereocenters. The van der Waals surface area contributed by atoms with Gasteiger partial charge in [-0.3, -0.25) is 4.79 Å². The molecule has 2 aromatic carbocycles. The summed E-state index contributed by atoms with van der Waals surface area (Å²) in [5, 5.41) is 2.80. The predicted molar refractivity (Wildman–Crippen MR) is 84.2 cm³/mol. The number of nitrogen functional groups attached to an aromatic ring is 1. The Morgan fingerprint density at radius 1 is 1.25 bits per heavy atom. The average molecular weight is 335 g/mol. The fraction of sp³-hybridized carbons (Fsp3) is 0.133. The van der Waals surface area contributed by atoms with Crippen molar-refractivity contribution >= 4 is 33.2 Å². The standard InChI is InChI=1S/C15H15BrN2O2/c1-9-3-5-11(12(17)7-9)15(19)18-13-8-10(16)4-6-14(13)20-2/h3-8H,17H2,1-2H3,(H,18,19). The van der Waals surface area contributed by atoms with E-state index in [1.165, 1.54) is 0 Å². The van der Waals surface area contributed by atoms with Gasteiger partial charge in [-0.2, -0.15) is 0 Å². The van der Waals surface area contributed by atoms with Crippen LogP contribution in [0.2, 0.25) is 0 Å². The summed E-state index contributed by atoms with van der Waals surface area (Å²) >= 11 is 3.36. The molecule has 2 aromatic rings. The maximum Gasteiger partial charge on any atom is 0.257 e. The number of aryl methyl sites for hydroxylation is 1. The second-order valence-corrected chi connectivity index (χ2v) is 5.31. The molecule has 0 aliphatic heterocycles. The van der Waals surface area contributed by atoms with Crippen LogP contribution in [-0.4, -0.2) is 13.0 Å². The average Bonchev–Trinajstić information content (AvgIpc) is 2.38. The molecule has 1 amide bonds. The van der Waals surface area contributed by atoms with E-state index < -0.39 is 0 Å². The van der Waals surface area contributed by atoms with Crippen LogP contribution < -0.4 is 15.8 Å². The summed E-state index contributed by atoms with van der Waals surface area (Å²) in [6, 6.07) is 10.7. The maximum absolute atomic E-state index is 12.3. The number of methoxy groups -OCH3 is 1. The molecule has 0 fully saturated rings. The lowest BCUT2D eigenvalue weighted by molar-refractivity contribution is 0.102. The van der Waals surface area contributed by atoms with Crippen LogP contribution in [0.1, 0.15) is 15.9 Å². The van der Waals surface area contributed by atoms with Gasteiger partial charge in [-0.05, 0) is 42.8 Å². The highest BCUT2D eigenvalue weighted by Crippen LogP contribution is 2.28. The number of halogens is 1. The Labute approximate surface area is 126 Å². The van der Waals surface area contributed by atoms with Gasteiger partial charge < -0.3 is 15.8 Å². The molecule has 0 aliphatic carbocycles. The van der Waals surface area contributed by atoms with Gasteiger partial charge in [0.15, 0.2) is 0 Å². The molecule has 104 valence electrons. The first-order valence-corrected chi connectivity index (χ1v) is 6.81. The summed E-state index contributed by atoms with van der Waals surface area (Å²) in [5.74, 6) is 0.325. The van der Waals surface area contributed by atoms with Gasteiger partial charge in [-0.1, -0.05) is 22.0 Å². The van der Waals surface area contributed by atoms with Gasteiger partial charge in [0.2, 0.25) is 0 Å². The van der Waals surface area contributed by atoms with Crippen molar-refractivity contribution in [3.63, 3.8) is 0 Å². The van der Waals surface area contributed by atoms with E-state index in [-0.39, 0.29) is 5.91 Å². The van der Waals surface area contributed by atoms with Crippen LogP contribution in [0, 0.1) is 6.92 Å². The number of carbonyl (C=O) groups is 1. The van der Waals surface area contributed by atoms with Crippen molar-refractivity contribution in [3.8, 4) is 5.75 Å². The summed E-state index contributed by atoms with van der Waals surface area (Å²) in [7, 11) is 1.55. The molecule has 5 heteroatoms. The minimum atomic E-state index is -0.265. The molecule has 4 nitrogen and oxygen atoms in total. The topological polar surface area (TPSA) is 64.3 Å². The normalized spacial score (nSPS) is 10.2. The summed E-state index contributed by atoms with van der Waals surface area (Å²) in [5.41, 5.74) is 8.38. The number of hydrogen-bond donors (Lipinski definition) is 2. The van der Waals surface area contributed by atoms with E-state index in [4.69, 9.17) is 10.5 Å². The number of hydrogen-bond acceptors (Lipinski definition) is 3. The van der Waals surface area contributed by atoms with Gasteiger partial charge >= 0.3 is 0 Å². The minimum Gasteiger partial charge on any atom is -0.495 e. The van der Waals surface area contributed by atoms with Gasteiger partial charge in [-0.25, -0.2) is 0 Å². The number of rotatable bonds is 3. The SMILES string of the molecule is COc1ccc(Br)cc1NC(=O)c1ccc(C)cc1N. The molecule has 0 saturated heterocycles. The van der Waals surface area contributed by atoms with E-state index in [0.29, 0.717) is 22.7 Å². The van der Waals surface area contributed by atoms with Crippen LogP contribution in [0.4, 0.5) is 11.4 Å². The number of carbonyl (C=O) groups excluding carboxylic acids is 1. The zero-order chi connectivity index (χ0) is 14.7. The lowest BCUT2D eigenvalue weighted by atomic mass is 10.1. The minimum absolute atomic E-state index is 0.265. The van der Waals surface area contributed by atoms with Crippen LogP contribution in [0.25, 0.3) is 0 Å². The van der Waals surface area contributed by atoms with E-state index in [0.717, 1.165) is 10.0 Å². The van der Waals surface area contributed by atoms with Crippen molar-refractivity contribution in [2.75, 3.05) is 18.2 Å². The number of nitrogens with two attached hydrogens (primary N) is 1. The van der Waals surface area contributed by atoms with Crippen LogP contribution >= 0.6 is 15.9 Å². The Balaban J connectivity index is 2.30. The summed E-state index contributed by atoms with van der Waals surface area (Å²) in [4.78, 5) is 12.3. The molecular formula is C15H15BrN2O2. The molecule has 0 aliphatic rings. The van der Waals surface area contributed by atoms with E-state index >= 15 is 0 Å². The van der Waals surface area contributed by atoms with E-state index in [2.05, 4.69) is 21.2 Å². The zero-order valence-electron chi connectivity index (χ0n) is 11.2. The van der Waals surface area contributed by atoms with Crippen molar-refractivity contribution in [1.82, 2.24) is 0 Å². The van der Waals surface area contributed by atoms with E-state index in [1.807, 2.05) is 19.1 Å².